The molecule has 0 amide bonds. The quantitative estimate of drug-likeness (QED) is 0.273. The van der Waals surface area contributed by atoms with E-state index in [4.69, 9.17) is 5.16 Å². The molecule has 9 heteroatoms. The molecule has 0 aromatic carbocycles. The van der Waals surface area contributed by atoms with Gasteiger partial charge in [0.15, 0.2) is 0 Å². The maximum absolute atomic E-state index is 11.5. The Bertz CT molecular complexity index is 234. The van der Waals surface area contributed by atoms with Crippen molar-refractivity contribution in [1.29, 1.82) is 5.16 Å². The van der Waals surface area contributed by atoms with E-state index >= 15 is 0 Å². The van der Waals surface area contributed by atoms with Crippen molar-refractivity contribution in [2.45, 2.75) is 6.42 Å². The first kappa shape index (κ1) is 14.3. The zero-order chi connectivity index (χ0) is 9.07. The minimum absolute atomic E-state index is 0. The molecule has 0 radical (unpaired) electrons. The van der Waals surface area contributed by atoms with Crippen LogP contribution >= 0.6 is 7.90 Å². The molecule has 0 heterocycles. The third-order valence-electron chi connectivity index (χ3n) is 0.500. The van der Waals surface area contributed by atoms with Gasteiger partial charge in [-0.3, -0.25) is 9.59 Å². The fraction of sp³-hybridized carbons (Fsp3) is 0.333. The molecule has 1 N–H and O–H groups in total. The second-order valence-electron chi connectivity index (χ2n) is 1.46. The van der Waals surface area contributed by atoms with Gasteiger partial charge in [-0.2, -0.15) is 4.39 Å². The standard InChI is InChI=1S/C3H3F3NO3P.Li.H/c4-2(8)1-3(9)10-11(5,6)7;;/h7H,1H2;;/q;+1;-1. The van der Waals surface area contributed by atoms with Gasteiger partial charge in [-0.25, -0.2) is 5.16 Å². The maximum Gasteiger partial charge on any atom is 1.00 e. The fourth-order valence-electron chi connectivity index (χ4n) is 0.274. The number of rotatable bonds is 3. The van der Waals surface area contributed by atoms with E-state index in [-0.39, 0.29) is 20.3 Å². The first-order chi connectivity index (χ1) is 4.81. The van der Waals surface area contributed by atoms with Gasteiger partial charge in [0, 0.05) is 0 Å². The Labute approximate surface area is 79.3 Å². The summed E-state index contributed by atoms with van der Waals surface area (Å²) in [5, 5.41) is 5.81. The number of hydrogen-bond donors (Lipinski definition) is 1. The van der Waals surface area contributed by atoms with Gasteiger partial charge in [0.25, 0.3) is 0 Å². The Morgan fingerprint density at radius 3 is 2.17 bits per heavy atom. The van der Waals surface area contributed by atoms with Crippen LogP contribution in [0.4, 0.5) is 12.8 Å². The molecule has 66 valence electrons. The number of carbonyl (C=O) groups is 2. The Morgan fingerprint density at radius 2 is 1.92 bits per heavy atom. The second-order valence-corrected chi connectivity index (χ2v) is 2.56. The van der Waals surface area contributed by atoms with Gasteiger partial charge >= 0.3 is 38.8 Å². The van der Waals surface area contributed by atoms with Gasteiger partial charge in [-0.05, 0) is 0 Å². The maximum atomic E-state index is 11.5. The molecule has 0 atom stereocenters. The van der Waals surface area contributed by atoms with Crippen LogP contribution in [0, 0.1) is 5.16 Å². The van der Waals surface area contributed by atoms with E-state index in [2.05, 4.69) is 4.52 Å². The van der Waals surface area contributed by atoms with Crippen LogP contribution in [0.3, 0.4) is 0 Å². The van der Waals surface area contributed by atoms with Gasteiger partial charge in [-0.1, -0.05) is 0 Å². The summed E-state index contributed by atoms with van der Waals surface area (Å²) < 4.78 is 37.4. The summed E-state index contributed by atoms with van der Waals surface area (Å²) in [5.74, 6) is -1.72. The Kier molecular flexibility index (Phi) is 6.44. The van der Waals surface area contributed by atoms with Crippen LogP contribution in [-0.2, 0) is 14.1 Å². The molecule has 0 fully saturated rings. The van der Waals surface area contributed by atoms with Gasteiger partial charge < -0.3 is 5.95 Å². The molecule has 0 aliphatic carbocycles. The third kappa shape index (κ3) is 9.76. The first-order valence-electron chi connectivity index (χ1n) is 2.25. The van der Waals surface area contributed by atoms with Crippen molar-refractivity contribution in [2.24, 2.45) is 0 Å². The summed E-state index contributed by atoms with van der Waals surface area (Å²) >= 11 is 0. The van der Waals surface area contributed by atoms with Crippen molar-refractivity contribution in [3.8, 4) is 0 Å². The van der Waals surface area contributed by atoms with Gasteiger partial charge in [0.2, 0.25) is 0 Å². The van der Waals surface area contributed by atoms with E-state index < -0.39 is 26.3 Å². The Balaban J connectivity index is -0.000000500. The van der Waals surface area contributed by atoms with E-state index in [1.807, 2.05) is 0 Å². The molecule has 0 rings (SSSR count). The zero-order valence-electron chi connectivity index (χ0n) is 7.01. The number of hydrogen-bond acceptors (Lipinski definition) is 4. The largest absolute Gasteiger partial charge is 1.00 e. The number of halogens is 3. The SMILES string of the molecule is N=P(F)(F)OC(=O)CC(=O)F.[H-].[Li+]. The summed E-state index contributed by atoms with van der Waals surface area (Å²) in [5.41, 5.74) is 0. The molecular formula is C3H4F3LiNO3P. The van der Waals surface area contributed by atoms with Crippen LogP contribution in [0.25, 0.3) is 0 Å². The molecule has 0 saturated heterocycles. The number of carbonyl (C=O) groups excluding carboxylic acids is 2. The van der Waals surface area contributed by atoms with E-state index in [0.29, 0.717) is 0 Å². The summed E-state index contributed by atoms with van der Waals surface area (Å²) in [6.45, 7) is 0. The fourth-order valence-corrected chi connectivity index (χ4v) is 0.594. The Hall–Kier alpha value is -0.243. The minimum Gasteiger partial charge on any atom is -1.00 e. The molecule has 0 bridgehead atoms. The predicted molar refractivity (Wildman–Crippen MR) is 29.8 cm³/mol. The Morgan fingerprint density at radius 1 is 1.50 bits per heavy atom. The van der Waals surface area contributed by atoms with E-state index in [1.54, 1.807) is 0 Å². The normalized spacial score (nSPS) is 9.92. The molecule has 0 aromatic rings. The van der Waals surface area contributed by atoms with Crippen LogP contribution in [-0.4, -0.2) is 12.0 Å². The van der Waals surface area contributed by atoms with Gasteiger partial charge in [-0.15, -0.1) is 8.39 Å². The second kappa shape index (κ2) is 5.41. The van der Waals surface area contributed by atoms with Crippen LogP contribution < -0.4 is 18.9 Å². The zero-order valence-corrected chi connectivity index (χ0v) is 6.91. The molecule has 0 aromatic heterocycles. The predicted octanol–water partition coefficient (Wildman–Crippen LogP) is -1.00. The van der Waals surface area contributed by atoms with Crippen LogP contribution in [0.1, 0.15) is 7.85 Å². The van der Waals surface area contributed by atoms with Crippen LogP contribution in [0.5, 0.6) is 0 Å². The summed E-state index contributed by atoms with van der Waals surface area (Å²) in [6, 6.07) is -2.07. The average molecular weight is 197 g/mol. The minimum atomic E-state index is -5.45. The molecule has 0 aliphatic heterocycles. The van der Waals surface area contributed by atoms with E-state index in [0.717, 1.165) is 0 Å². The van der Waals surface area contributed by atoms with Gasteiger partial charge in [0.05, 0.1) is 0 Å². The molecule has 0 aliphatic rings. The van der Waals surface area contributed by atoms with Crippen LogP contribution in [0.2, 0.25) is 0 Å². The van der Waals surface area contributed by atoms with Crippen molar-refractivity contribution in [3.63, 3.8) is 0 Å². The summed E-state index contributed by atoms with van der Waals surface area (Å²) in [4.78, 5) is 19.5. The molecule has 0 saturated carbocycles. The van der Waals surface area contributed by atoms with Crippen molar-refractivity contribution in [1.82, 2.24) is 0 Å². The van der Waals surface area contributed by atoms with E-state index in [9.17, 15) is 22.4 Å². The smallest absolute Gasteiger partial charge is 1.00 e. The van der Waals surface area contributed by atoms with Crippen molar-refractivity contribution in [3.05, 3.63) is 0 Å². The van der Waals surface area contributed by atoms with Crippen LogP contribution in [0.15, 0.2) is 0 Å². The van der Waals surface area contributed by atoms with E-state index in [1.165, 1.54) is 0 Å². The van der Waals surface area contributed by atoms with Crippen molar-refractivity contribution in [2.75, 3.05) is 0 Å². The monoisotopic (exact) mass is 197 g/mol. The molecule has 0 spiro atoms. The number of nitrogens with one attached hydrogen (secondary N) is 1. The molecule has 4 nitrogen and oxygen atoms in total. The molecule has 12 heavy (non-hydrogen) atoms. The topological polar surface area (TPSA) is 67.2 Å². The first-order valence-corrected chi connectivity index (χ1v) is 3.74. The summed E-state index contributed by atoms with van der Waals surface area (Å²) in [7, 11) is -5.45. The third-order valence-corrected chi connectivity index (χ3v) is 0.933. The average Bonchev–Trinajstić information content (AvgIpc) is 1.53. The van der Waals surface area contributed by atoms with Crippen molar-refractivity contribution < 1.29 is 47.2 Å². The molecule has 0 unspecified atom stereocenters. The van der Waals surface area contributed by atoms with Crippen molar-refractivity contribution >= 4 is 19.9 Å². The van der Waals surface area contributed by atoms with Gasteiger partial charge in [0.1, 0.15) is 6.42 Å². The molecular weight excluding hydrogens is 193 g/mol. The summed E-state index contributed by atoms with van der Waals surface area (Å²) in [6.07, 6.45) is -1.37.